The molecular weight excluding hydrogens is 343 g/mol. The molecular formula is C21H21FN4O. The minimum absolute atomic E-state index is 0.0549. The van der Waals surface area contributed by atoms with Crippen molar-refractivity contribution in [1.82, 2.24) is 14.5 Å². The third-order valence-corrected chi connectivity index (χ3v) is 4.90. The van der Waals surface area contributed by atoms with Crippen LogP contribution in [0.3, 0.4) is 0 Å². The van der Waals surface area contributed by atoms with Crippen LogP contribution in [0.4, 0.5) is 10.1 Å². The largest absolute Gasteiger partial charge is 0.368 e. The molecule has 0 saturated carbocycles. The zero-order valence-corrected chi connectivity index (χ0v) is 15.2. The fourth-order valence-electron chi connectivity index (χ4n) is 3.42. The second-order valence-electron chi connectivity index (χ2n) is 6.74. The molecule has 0 spiro atoms. The van der Waals surface area contributed by atoms with Crippen LogP contribution in [0.15, 0.2) is 61.1 Å². The first-order chi connectivity index (χ1) is 13.1. The third-order valence-electron chi connectivity index (χ3n) is 4.90. The Kier molecular flexibility index (Phi) is 4.62. The zero-order valence-electron chi connectivity index (χ0n) is 15.2. The van der Waals surface area contributed by atoms with E-state index in [0.717, 1.165) is 18.8 Å². The Labute approximate surface area is 157 Å². The number of amides is 1. The number of aromatic nitrogens is 2. The minimum Gasteiger partial charge on any atom is -0.368 e. The highest BCUT2D eigenvalue weighted by Crippen LogP contribution is 2.19. The van der Waals surface area contributed by atoms with E-state index in [1.165, 1.54) is 23.4 Å². The number of nitrogens with zero attached hydrogens (tertiary/aromatic N) is 4. The summed E-state index contributed by atoms with van der Waals surface area (Å²) in [6.07, 6.45) is 3.15. The van der Waals surface area contributed by atoms with Crippen LogP contribution < -0.4 is 4.90 Å². The van der Waals surface area contributed by atoms with Crippen LogP contribution in [0.25, 0.3) is 5.69 Å². The Balaban J connectivity index is 1.47. The molecule has 4 rings (SSSR count). The molecule has 5 nitrogen and oxygen atoms in total. The number of aryl methyl sites for hydroxylation is 1. The van der Waals surface area contributed by atoms with Gasteiger partial charge in [0.2, 0.25) is 0 Å². The summed E-state index contributed by atoms with van der Waals surface area (Å²) in [5, 5.41) is 0. The summed E-state index contributed by atoms with van der Waals surface area (Å²) in [5.74, 6) is -0.361. The lowest BCUT2D eigenvalue weighted by atomic mass is 10.2. The van der Waals surface area contributed by atoms with Crippen molar-refractivity contribution in [3.8, 4) is 5.69 Å². The molecule has 0 unspecified atom stereocenters. The SMILES string of the molecule is Cc1cccc(N2CCN(C(=O)c3cncn3-c3ccc(F)cc3)CC2)c1. The second kappa shape index (κ2) is 7.23. The molecule has 1 saturated heterocycles. The summed E-state index contributed by atoms with van der Waals surface area (Å²) in [6.45, 7) is 4.97. The number of benzene rings is 2. The molecule has 0 N–H and O–H groups in total. The molecule has 1 aliphatic heterocycles. The van der Waals surface area contributed by atoms with E-state index in [1.54, 1.807) is 29.2 Å². The summed E-state index contributed by atoms with van der Waals surface area (Å²) in [4.78, 5) is 21.3. The van der Waals surface area contributed by atoms with Gasteiger partial charge in [-0.2, -0.15) is 0 Å². The van der Waals surface area contributed by atoms with Gasteiger partial charge in [0.05, 0.1) is 12.5 Å². The van der Waals surface area contributed by atoms with Crippen LogP contribution in [0.5, 0.6) is 0 Å². The summed E-state index contributed by atoms with van der Waals surface area (Å²) in [5.41, 5.74) is 3.63. The Morgan fingerprint density at radius 3 is 2.44 bits per heavy atom. The number of anilines is 1. The lowest BCUT2D eigenvalue weighted by Crippen LogP contribution is -2.49. The lowest BCUT2D eigenvalue weighted by Gasteiger charge is -2.36. The summed E-state index contributed by atoms with van der Waals surface area (Å²) < 4.78 is 14.9. The number of rotatable bonds is 3. The van der Waals surface area contributed by atoms with Gasteiger partial charge in [0.25, 0.3) is 5.91 Å². The van der Waals surface area contributed by atoms with Gasteiger partial charge in [-0.05, 0) is 48.9 Å². The molecule has 1 fully saturated rings. The van der Waals surface area contributed by atoms with Gasteiger partial charge in [-0.1, -0.05) is 12.1 Å². The number of carbonyl (C=O) groups excluding carboxylic acids is 1. The van der Waals surface area contributed by atoms with Crippen molar-refractivity contribution in [2.45, 2.75) is 6.92 Å². The normalized spacial score (nSPS) is 14.4. The Hall–Kier alpha value is -3.15. The number of hydrogen-bond donors (Lipinski definition) is 0. The Morgan fingerprint density at radius 1 is 1.00 bits per heavy atom. The van der Waals surface area contributed by atoms with E-state index < -0.39 is 0 Å². The van der Waals surface area contributed by atoms with Crippen molar-refractivity contribution in [2.75, 3.05) is 31.1 Å². The standard InChI is InChI=1S/C21H21FN4O/c1-16-3-2-4-19(13-16)24-9-11-25(12-10-24)21(27)20-14-23-15-26(20)18-7-5-17(22)6-8-18/h2-8,13-15H,9-12H2,1H3. The van der Waals surface area contributed by atoms with Crippen LogP contribution in [0, 0.1) is 12.7 Å². The van der Waals surface area contributed by atoms with Crippen molar-refractivity contribution < 1.29 is 9.18 Å². The predicted molar refractivity (Wildman–Crippen MR) is 103 cm³/mol. The first-order valence-electron chi connectivity index (χ1n) is 9.01. The van der Waals surface area contributed by atoms with Gasteiger partial charge in [-0.15, -0.1) is 0 Å². The first kappa shape index (κ1) is 17.3. The van der Waals surface area contributed by atoms with E-state index in [4.69, 9.17) is 0 Å². The van der Waals surface area contributed by atoms with Gasteiger partial charge < -0.3 is 9.80 Å². The highest BCUT2D eigenvalue weighted by molar-refractivity contribution is 5.93. The average molecular weight is 364 g/mol. The van der Waals surface area contributed by atoms with Crippen LogP contribution in [-0.2, 0) is 0 Å². The van der Waals surface area contributed by atoms with Crippen LogP contribution >= 0.6 is 0 Å². The highest BCUT2D eigenvalue weighted by Gasteiger charge is 2.25. The number of carbonyl (C=O) groups is 1. The monoisotopic (exact) mass is 364 g/mol. The van der Waals surface area contributed by atoms with E-state index in [-0.39, 0.29) is 11.7 Å². The van der Waals surface area contributed by atoms with Crippen molar-refractivity contribution in [3.63, 3.8) is 0 Å². The van der Waals surface area contributed by atoms with Crippen LogP contribution in [0.2, 0.25) is 0 Å². The molecule has 1 amide bonds. The van der Waals surface area contributed by atoms with Gasteiger partial charge in [0, 0.05) is 37.6 Å². The summed E-state index contributed by atoms with van der Waals surface area (Å²) in [7, 11) is 0. The number of hydrogen-bond acceptors (Lipinski definition) is 3. The first-order valence-corrected chi connectivity index (χ1v) is 9.01. The van der Waals surface area contributed by atoms with Gasteiger partial charge >= 0.3 is 0 Å². The maximum absolute atomic E-state index is 13.2. The molecule has 138 valence electrons. The van der Waals surface area contributed by atoms with E-state index in [1.807, 2.05) is 4.90 Å². The van der Waals surface area contributed by atoms with Crippen molar-refractivity contribution >= 4 is 11.6 Å². The van der Waals surface area contributed by atoms with Gasteiger partial charge in [-0.3, -0.25) is 9.36 Å². The highest BCUT2D eigenvalue weighted by atomic mass is 19.1. The van der Waals surface area contributed by atoms with Crippen LogP contribution in [0.1, 0.15) is 16.1 Å². The maximum Gasteiger partial charge on any atom is 0.272 e. The van der Waals surface area contributed by atoms with Crippen LogP contribution in [-0.4, -0.2) is 46.5 Å². The molecule has 27 heavy (non-hydrogen) atoms. The van der Waals surface area contributed by atoms with Gasteiger partial charge in [-0.25, -0.2) is 9.37 Å². The maximum atomic E-state index is 13.2. The smallest absolute Gasteiger partial charge is 0.272 e. The molecule has 0 radical (unpaired) electrons. The lowest BCUT2D eigenvalue weighted by molar-refractivity contribution is 0.0738. The minimum atomic E-state index is -0.306. The Bertz CT molecular complexity index is 943. The van der Waals surface area contributed by atoms with Crippen molar-refractivity contribution in [3.05, 3.63) is 78.1 Å². The zero-order chi connectivity index (χ0) is 18.8. The van der Waals surface area contributed by atoms with Crippen molar-refractivity contribution in [1.29, 1.82) is 0 Å². The Morgan fingerprint density at radius 2 is 1.74 bits per heavy atom. The average Bonchev–Trinajstić information content (AvgIpc) is 3.18. The molecule has 0 atom stereocenters. The number of imidazole rings is 1. The predicted octanol–water partition coefficient (Wildman–Crippen LogP) is 3.28. The van der Waals surface area contributed by atoms with E-state index in [9.17, 15) is 9.18 Å². The fraction of sp³-hybridized carbons (Fsp3) is 0.238. The third kappa shape index (κ3) is 3.56. The van der Waals surface area contributed by atoms with E-state index >= 15 is 0 Å². The van der Waals surface area contributed by atoms with E-state index in [0.29, 0.717) is 18.8 Å². The number of halogens is 1. The quantitative estimate of drug-likeness (QED) is 0.716. The van der Waals surface area contributed by atoms with Crippen molar-refractivity contribution in [2.24, 2.45) is 0 Å². The van der Waals surface area contributed by atoms with E-state index in [2.05, 4.69) is 41.1 Å². The second-order valence-corrected chi connectivity index (χ2v) is 6.74. The molecule has 0 bridgehead atoms. The summed E-state index contributed by atoms with van der Waals surface area (Å²) >= 11 is 0. The molecule has 1 aliphatic rings. The van der Waals surface area contributed by atoms with Gasteiger partial charge in [0.1, 0.15) is 11.5 Å². The molecule has 2 aromatic carbocycles. The summed E-state index contributed by atoms with van der Waals surface area (Å²) in [6, 6.07) is 14.5. The number of piperazine rings is 1. The molecule has 1 aromatic heterocycles. The van der Waals surface area contributed by atoms with Gasteiger partial charge in [0.15, 0.2) is 0 Å². The molecule has 0 aliphatic carbocycles. The fourth-order valence-corrected chi connectivity index (χ4v) is 3.42. The molecule has 6 heteroatoms. The molecule has 2 heterocycles. The topological polar surface area (TPSA) is 41.4 Å². The molecule has 3 aromatic rings.